The number of para-hydroxylation sites is 1. The Hall–Kier alpha value is -1.69. The molecular formula is C14H18N2O3S. The van der Waals surface area contributed by atoms with E-state index >= 15 is 0 Å². The molecule has 1 aliphatic heterocycles. The molecule has 1 saturated heterocycles. The first kappa shape index (κ1) is 14.7. The SMILES string of the molecule is O=C(O)CC1CSCCN1C(=O)CNc1ccccc1. The number of aliphatic carboxylic acids is 1. The number of carbonyl (C=O) groups excluding carboxylic acids is 1. The van der Waals surface area contributed by atoms with Crippen molar-refractivity contribution in [2.24, 2.45) is 0 Å². The van der Waals surface area contributed by atoms with E-state index in [1.165, 1.54) is 0 Å². The number of carbonyl (C=O) groups is 2. The fourth-order valence-corrected chi connectivity index (χ4v) is 3.25. The molecule has 1 aliphatic rings. The Morgan fingerprint density at radius 2 is 2.10 bits per heavy atom. The molecule has 1 aromatic rings. The van der Waals surface area contributed by atoms with Crippen LogP contribution in [0.4, 0.5) is 5.69 Å². The molecule has 5 nitrogen and oxygen atoms in total. The summed E-state index contributed by atoms with van der Waals surface area (Å²) in [6.07, 6.45) is 0.0179. The second-order valence-electron chi connectivity index (χ2n) is 4.63. The number of thioether (sulfide) groups is 1. The summed E-state index contributed by atoms with van der Waals surface area (Å²) in [7, 11) is 0. The van der Waals surface area contributed by atoms with Crippen LogP contribution in [0.5, 0.6) is 0 Å². The number of rotatable bonds is 5. The van der Waals surface area contributed by atoms with Gasteiger partial charge in [0.2, 0.25) is 5.91 Å². The zero-order chi connectivity index (χ0) is 14.4. The van der Waals surface area contributed by atoms with E-state index in [1.807, 2.05) is 30.3 Å². The normalized spacial score (nSPS) is 18.6. The van der Waals surface area contributed by atoms with Crippen LogP contribution in [0.25, 0.3) is 0 Å². The molecular weight excluding hydrogens is 276 g/mol. The van der Waals surface area contributed by atoms with Crippen LogP contribution in [0.15, 0.2) is 30.3 Å². The van der Waals surface area contributed by atoms with Crippen LogP contribution in [0.2, 0.25) is 0 Å². The van der Waals surface area contributed by atoms with Gasteiger partial charge in [0.15, 0.2) is 0 Å². The summed E-state index contributed by atoms with van der Waals surface area (Å²) in [6, 6.07) is 9.31. The van der Waals surface area contributed by atoms with Crippen LogP contribution in [-0.4, -0.2) is 52.5 Å². The van der Waals surface area contributed by atoms with E-state index in [9.17, 15) is 9.59 Å². The van der Waals surface area contributed by atoms with Gasteiger partial charge in [0.1, 0.15) is 0 Å². The lowest BCUT2D eigenvalue weighted by molar-refractivity contribution is -0.139. The standard InChI is InChI=1S/C14H18N2O3S/c17-13(9-15-11-4-2-1-3-5-11)16-6-7-20-10-12(16)8-14(18)19/h1-5,12,15H,6-10H2,(H,18,19). The molecule has 0 radical (unpaired) electrons. The molecule has 0 spiro atoms. The third-order valence-electron chi connectivity index (χ3n) is 3.18. The van der Waals surface area contributed by atoms with Gasteiger partial charge in [0, 0.05) is 23.7 Å². The summed E-state index contributed by atoms with van der Waals surface area (Å²) in [4.78, 5) is 24.8. The van der Waals surface area contributed by atoms with Gasteiger partial charge < -0.3 is 15.3 Å². The Morgan fingerprint density at radius 3 is 2.80 bits per heavy atom. The largest absolute Gasteiger partial charge is 0.481 e. The van der Waals surface area contributed by atoms with Gasteiger partial charge in [0.05, 0.1) is 19.0 Å². The summed E-state index contributed by atoms with van der Waals surface area (Å²) in [6.45, 7) is 0.822. The summed E-state index contributed by atoms with van der Waals surface area (Å²) in [5, 5.41) is 12.0. The Labute approximate surface area is 122 Å². The van der Waals surface area contributed by atoms with Crippen LogP contribution < -0.4 is 5.32 Å². The topological polar surface area (TPSA) is 69.6 Å². The number of anilines is 1. The zero-order valence-corrected chi connectivity index (χ0v) is 11.9. The highest BCUT2D eigenvalue weighted by Gasteiger charge is 2.28. The minimum absolute atomic E-state index is 0.0179. The van der Waals surface area contributed by atoms with Gasteiger partial charge in [-0.05, 0) is 12.1 Å². The molecule has 1 fully saturated rings. The summed E-state index contributed by atoms with van der Waals surface area (Å²) in [5.74, 6) is 0.669. The highest BCUT2D eigenvalue weighted by molar-refractivity contribution is 7.99. The van der Waals surface area contributed by atoms with E-state index in [0.29, 0.717) is 12.3 Å². The molecule has 0 bridgehead atoms. The number of benzene rings is 1. The lowest BCUT2D eigenvalue weighted by atomic mass is 10.2. The van der Waals surface area contributed by atoms with Crippen LogP contribution in [-0.2, 0) is 9.59 Å². The lowest BCUT2D eigenvalue weighted by Gasteiger charge is -2.34. The molecule has 0 saturated carbocycles. The Kier molecular flexibility index (Phi) is 5.29. The monoisotopic (exact) mass is 294 g/mol. The molecule has 1 atom stereocenters. The summed E-state index contributed by atoms with van der Waals surface area (Å²) >= 11 is 1.70. The molecule has 1 aromatic carbocycles. The number of nitrogens with zero attached hydrogens (tertiary/aromatic N) is 1. The number of carboxylic acid groups (broad SMARTS) is 1. The molecule has 108 valence electrons. The smallest absolute Gasteiger partial charge is 0.305 e. The van der Waals surface area contributed by atoms with Crippen LogP contribution in [0.1, 0.15) is 6.42 Å². The highest BCUT2D eigenvalue weighted by Crippen LogP contribution is 2.19. The molecule has 1 amide bonds. The number of hydrogen-bond donors (Lipinski definition) is 2. The third-order valence-corrected chi connectivity index (χ3v) is 4.27. The number of nitrogens with one attached hydrogen (secondary N) is 1. The first-order valence-corrected chi connectivity index (χ1v) is 7.70. The average Bonchev–Trinajstić information content (AvgIpc) is 2.46. The minimum Gasteiger partial charge on any atom is -0.481 e. The number of carboxylic acids is 1. The highest BCUT2D eigenvalue weighted by atomic mass is 32.2. The van der Waals surface area contributed by atoms with E-state index in [4.69, 9.17) is 5.11 Å². The number of hydrogen-bond acceptors (Lipinski definition) is 4. The molecule has 1 unspecified atom stereocenters. The predicted molar refractivity (Wildman–Crippen MR) is 80.0 cm³/mol. The summed E-state index contributed by atoms with van der Waals surface area (Å²) < 4.78 is 0. The maximum Gasteiger partial charge on any atom is 0.305 e. The van der Waals surface area contributed by atoms with Crippen molar-refractivity contribution in [2.45, 2.75) is 12.5 Å². The van der Waals surface area contributed by atoms with Crippen molar-refractivity contribution in [1.29, 1.82) is 0 Å². The lowest BCUT2D eigenvalue weighted by Crippen LogP contribution is -2.49. The zero-order valence-electron chi connectivity index (χ0n) is 11.1. The molecule has 0 aromatic heterocycles. The Balaban J connectivity index is 1.90. The molecule has 2 N–H and O–H groups in total. The van der Waals surface area contributed by atoms with Gasteiger partial charge in [-0.1, -0.05) is 18.2 Å². The molecule has 6 heteroatoms. The van der Waals surface area contributed by atoms with Crippen LogP contribution in [0, 0.1) is 0 Å². The van der Waals surface area contributed by atoms with E-state index in [2.05, 4.69) is 5.32 Å². The van der Waals surface area contributed by atoms with E-state index < -0.39 is 5.97 Å². The minimum atomic E-state index is -0.855. The first-order valence-electron chi connectivity index (χ1n) is 6.55. The molecule has 1 heterocycles. The van der Waals surface area contributed by atoms with Crippen molar-refractivity contribution in [3.05, 3.63) is 30.3 Å². The van der Waals surface area contributed by atoms with Crippen molar-refractivity contribution in [1.82, 2.24) is 4.90 Å². The predicted octanol–water partition coefficient (Wildman–Crippen LogP) is 1.52. The average molecular weight is 294 g/mol. The fraction of sp³-hybridized carbons (Fsp3) is 0.429. The second kappa shape index (κ2) is 7.19. The van der Waals surface area contributed by atoms with Gasteiger partial charge in [-0.3, -0.25) is 9.59 Å². The van der Waals surface area contributed by atoms with Crippen molar-refractivity contribution >= 4 is 29.3 Å². The third kappa shape index (κ3) is 4.16. The number of amides is 1. The van der Waals surface area contributed by atoms with Crippen molar-refractivity contribution in [3.8, 4) is 0 Å². The molecule has 0 aliphatic carbocycles. The van der Waals surface area contributed by atoms with Crippen molar-refractivity contribution < 1.29 is 14.7 Å². The van der Waals surface area contributed by atoms with E-state index in [-0.39, 0.29) is 24.9 Å². The van der Waals surface area contributed by atoms with Crippen LogP contribution >= 0.6 is 11.8 Å². The van der Waals surface area contributed by atoms with Crippen molar-refractivity contribution in [3.63, 3.8) is 0 Å². The summed E-state index contributed by atoms with van der Waals surface area (Å²) in [5.41, 5.74) is 0.891. The van der Waals surface area contributed by atoms with E-state index in [1.54, 1.807) is 16.7 Å². The van der Waals surface area contributed by atoms with Crippen molar-refractivity contribution in [2.75, 3.05) is 29.9 Å². The molecule has 20 heavy (non-hydrogen) atoms. The van der Waals surface area contributed by atoms with Gasteiger partial charge in [0.25, 0.3) is 0 Å². The van der Waals surface area contributed by atoms with E-state index in [0.717, 1.165) is 11.4 Å². The fourth-order valence-electron chi connectivity index (χ4n) is 2.19. The maximum absolute atomic E-state index is 12.2. The second-order valence-corrected chi connectivity index (χ2v) is 5.78. The van der Waals surface area contributed by atoms with Gasteiger partial charge in [-0.2, -0.15) is 11.8 Å². The van der Waals surface area contributed by atoms with Gasteiger partial charge in [-0.25, -0.2) is 0 Å². The Morgan fingerprint density at radius 1 is 1.35 bits per heavy atom. The quantitative estimate of drug-likeness (QED) is 0.861. The Bertz CT molecular complexity index is 467. The first-order chi connectivity index (χ1) is 9.66. The molecule has 2 rings (SSSR count). The van der Waals surface area contributed by atoms with Crippen LogP contribution in [0.3, 0.4) is 0 Å². The van der Waals surface area contributed by atoms with Gasteiger partial charge in [-0.15, -0.1) is 0 Å². The van der Waals surface area contributed by atoms with Gasteiger partial charge >= 0.3 is 5.97 Å². The maximum atomic E-state index is 12.2.